The molecule has 0 spiro atoms. The van der Waals surface area contributed by atoms with Gasteiger partial charge in [-0.15, -0.1) is 0 Å². The van der Waals surface area contributed by atoms with Gasteiger partial charge in [0.2, 0.25) is 5.91 Å². The van der Waals surface area contributed by atoms with Gasteiger partial charge >= 0.3 is 0 Å². The van der Waals surface area contributed by atoms with Gasteiger partial charge in [-0.05, 0) is 36.8 Å². The van der Waals surface area contributed by atoms with E-state index in [-0.39, 0.29) is 15.8 Å². The highest BCUT2D eigenvalue weighted by molar-refractivity contribution is 7.93. The van der Waals surface area contributed by atoms with E-state index in [1.54, 1.807) is 24.3 Å². The van der Waals surface area contributed by atoms with E-state index in [0.29, 0.717) is 29.2 Å². The van der Waals surface area contributed by atoms with Gasteiger partial charge in [-0.3, -0.25) is 9.10 Å². The molecule has 1 aliphatic heterocycles. The number of sulfonamides is 1. The Hall–Kier alpha value is -1.76. The molecule has 0 aliphatic carbocycles. The first-order chi connectivity index (χ1) is 11.9. The predicted octanol–water partition coefficient (Wildman–Crippen LogP) is 4.31. The first-order valence-corrected chi connectivity index (χ1v) is 9.95. The summed E-state index contributed by atoms with van der Waals surface area (Å²) in [4.78, 5) is 12.4. The van der Waals surface area contributed by atoms with Gasteiger partial charge in [0.1, 0.15) is 10.9 Å². The fraction of sp³-hybridized carbons (Fsp3) is 0.235. The number of halogens is 2. The molecule has 0 bridgehead atoms. The van der Waals surface area contributed by atoms with Gasteiger partial charge in [0.25, 0.3) is 10.0 Å². The molecule has 0 saturated heterocycles. The van der Waals surface area contributed by atoms with Crippen molar-refractivity contribution >= 4 is 50.5 Å². The Labute approximate surface area is 156 Å². The molecule has 25 heavy (non-hydrogen) atoms. The number of nitrogens with one attached hydrogen (secondary N) is 1. The highest BCUT2D eigenvalue weighted by atomic mass is 35.5. The molecule has 1 atom stereocenters. The first-order valence-electron chi connectivity index (χ1n) is 7.75. The maximum Gasteiger partial charge on any atom is 0.266 e. The number of para-hydroxylation sites is 2. The van der Waals surface area contributed by atoms with Crippen LogP contribution >= 0.6 is 23.2 Å². The number of anilines is 2. The minimum absolute atomic E-state index is 0.0196. The zero-order valence-corrected chi connectivity index (χ0v) is 15.7. The summed E-state index contributed by atoms with van der Waals surface area (Å²) >= 11 is 12.0. The van der Waals surface area contributed by atoms with Crippen LogP contribution in [0.5, 0.6) is 0 Å². The molecular formula is C17H16Cl2N2O3S. The number of fused-ring (bicyclic) bond motifs is 1. The van der Waals surface area contributed by atoms with Gasteiger partial charge in [0.05, 0.1) is 16.4 Å². The minimum Gasteiger partial charge on any atom is -0.322 e. The van der Waals surface area contributed by atoms with E-state index in [2.05, 4.69) is 5.32 Å². The van der Waals surface area contributed by atoms with Crippen molar-refractivity contribution in [2.75, 3.05) is 9.62 Å². The molecule has 8 heteroatoms. The number of amides is 1. The van der Waals surface area contributed by atoms with Gasteiger partial charge in [0.15, 0.2) is 0 Å². The molecule has 1 unspecified atom stereocenters. The number of carbonyl (C=O) groups excluding carboxylic acids is 1. The molecular weight excluding hydrogens is 383 g/mol. The molecule has 0 fully saturated rings. The first kappa shape index (κ1) is 18.0. The predicted molar refractivity (Wildman–Crippen MR) is 99.9 cm³/mol. The van der Waals surface area contributed by atoms with Gasteiger partial charge in [-0.2, -0.15) is 0 Å². The van der Waals surface area contributed by atoms with Crippen molar-refractivity contribution in [3.05, 3.63) is 52.5 Å². The number of rotatable bonds is 4. The second kappa shape index (κ2) is 6.86. The van der Waals surface area contributed by atoms with E-state index in [9.17, 15) is 13.2 Å². The van der Waals surface area contributed by atoms with Crippen LogP contribution in [0.1, 0.15) is 19.8 Å². The van der Waals surface area contributed by atoms with Crippen molar-refractivity contribution in [1.82, 2.24) is 0 Å². The van der Waals surface area contributed by atoms with Gasteiger partial charge in [0, 0.05) is 5.02 Å². The topological polar surface area (TPSA) is 66.5 Å². The minimum atomic E-state index is -4.05. The molecule has 132 valence electrons. The van der Waals surface area contributed by atoms with Crippen LogP contribution in [-0.4, -0.2) is 20.4 Å². The van der Waals surface area contributed by atoms with Crippen molar-refractivity contribution in [2.45, 2.75) is 30.7 Å². The fourth-order valence-electron chi connectivity index (χ4n) is 2.87. The normalized spacial score (nSPS) is 17.2. The van der Waals surface area contributed by atoms with Crippen molar-refractivity contribution in [1.29, 1.82) is 0 Å². The summed E-state index contributed by atoms with van der Waals surface area (Å²) in [7, 11) is -4.05. The van der Waals surface area contributed by atoms with Crippen LogP contribution in [0, 0.1) is 0 Å². The lowest BCUT2D eigenvalue weighted by atomic mass is 10.1. The quantitative estimate of drug-likeness (QED) is 0.833. The Bertz CT molecular complexity index is 931. The van der Waals surface area contributed by atoms with E-state index in [1.807, 2.05) is 6.92 Å². The average molecular weight is 399 g/mol. The Morgan fingerprint density at radius 1 is 1.16 bits per heavy atom. The standard InChI is InChI=1S/C17H16Cl2N2O3S/c1-2-5-15-17(22)20-13-6-3-4-7-14(13)21(15)25(23,24)16-9-8-11(18)10-12(16)19/h3-4,6-10,15H,2,5H2,1H3,(H,20,22). The fourth-order valence-corrected chi connectivity index (χ4v) is 5.28. The summed E-state index contributed by atoms with van der Waals surface area (Å²) in [6, 6.07) is 10.2. The number of hydrogen-bond acceptors (Lipinski definition) is 3. The molecule has 1 aliphatic rings. The summed E-state index contributed by atoms with van der Waals surface area (Å²) in [6.45, 7) is 1.90. The monoisotopic (exact) mass is 398 g/mol. The lowest BCUT2D eigenvalue weighted by Gasteiger charge is -2.37. The van der Waals surface area contributed by atoms with E-state index < -0.39 is 16.1 Å². The molecule has 1 amide bonds. The van der Waals surface area contributed by atoms with Crippen molar-refractivity contribution in [3.63, 3.8) is 0 Å². The van der Waals surface area contributed by atoms with Crippen LogP contribution < -0.4 is 9.62 Å². The molecule has 5 nitrogen and oxygen atoms in total. The lowest BCUT2D eigenvalue weighted by Crippen LogP contribution is -2.50. The van der Waals surface area contributed by atoms with E-state index in [4.69, 9.17) is 23.2 Å². The van der Waals surface area contributed by atoms with Crippen molar-refractivity contribution in [2.24, 2.45) is 0 Å². The zero-order valence-electron chi connectivity index (χ0n) is 13.4. The van der Waals surface area contributed by atoms with Crippen LogP contribution in [0.25, 0.3) is 0 Å². The molecule has 1 N–H and O–H groups in total. The number of hydrogen-bond donors (Lipinski definition) is 1. The SMILES string of the molecule is CCCC1C(=O)Nc2ccccc2N1S(=O)(=O)c1ccc(Cl)cc1Cl. The Kier molecular flexibility index (Phi) is 4.95. The Balaban J connectivity index is 2.21. The van der Waals surface area contributed by atoms with Crippen LogP contribution in [0.2, 0.25) is 10.0 Å². The maximum absolute atomic E-state index is 13.3. The smallest absolute Gasteiger partial charge is 0.266 e. The largest absolute Gasteiger partial charge is 0.322 e. The molecule has 2 aromatic rings. The van der Waals surface area contributed by atoms with E-state index >= 15 is 0 Å². The summed E-state index contributed by atoms with van der Waals surface area (Å²) < 4.78 is 27.8. The average Bonchev–Trinajstić information content (AvgIpc) is 2.55. The van der Waals surface area contributed by atoms with E-state index in [0.717, 1.165) is 0 Å². The molecule has 0 aromatic heterocycles. The molecule has 1 heterocycles. The van der Waals surface area contributed by atoms with Gasteiger partial charge in [-0.25, -0.2) is 8.42 Å². The van der Waals surface area contributed by atoms with Gasteiger partial charge < -0.3 is 5.32 Å². The van der Waals surface area contributed by atoms with Crippen molar-refractivity contribution in [3.8, 4) is 0 Å². The summed E-state index contributed by atoms with van der Waals surface area (Å²) in [5.41, 5.74) is 0.875. The van der Waals surface area contributed by atoms with Crippen molar-refractivity contribution < 1.29 is 13.2 Å². The number of carbonyl (C=O) groups is 1. The summed E-state index contributed by atoms with van der Waals surface area (Å²) in [5, 5.41) is 3.13. The second-order valence-electron chi connectivity index (χ2n) is 5.69. The maximum atomic E-state index is 13.3. The highest BCUT2D eigenvalue weighted by Gasteiger charge is 2.41. The molecule has 0 saturated carbocycles. The number of nitrogens with zero attached hydrogens (tertiary/aromatic N) is 1. The second-order valence-corrected chi connectivity index (χ2v) is 8.31. The van der Waals surface area contributed by atoms with Crippen LogP contribution in [-0.2, 0) is 14.8 Å². The van der Waals surface area contributed by atoms with Gasteiger partial charge in [-0.1, -0.05) is 48.7 Å². The third kappa shape index (κ3) is 3.21. The Morgan fingerprint density at radius 3 is 2.56 bits per heavy atom. The van der Waals surface area contributed by atoms with Crippen LogP contribution in [0.3, 0.4) is 0 Å². The lowest BCUT2D eigenvalue weighted by molar-refractivity contribution is -0.117. The van der Waals surface area contributed by atoms with Crippen LogP contribution in [0.15, 0.2) is 47.4 Å². The summed E-state index contributed by atoms with van der Waals surface area (Å²) in [6.07, 6.45) is 1.05. The molecule has 2 aromatic carbocycles. The van der Waals surface area contributed by atoms with E-state index in [1.165, 1.54) is 22.5 Å². The summed E-state index contributed by atoms with van der Waals surface area (Å²) in [5.74, 6) is -0.353. The third-order valence-electron chi connectivity index (χ3n) is 3.98. The number of benzene rings is 2. The highest BCUT2D eigenvalue weighted by Crippen LogP contribution is 2.39. The Morgan fingerprint density at radius 2 is 1.88 bits per heavy atom. The molecule has 0 radical (unpaired) electrons. The third-order valence-corrected chi connectivity index (χ3v) is 6.52. The zero-order chi connectivity index (χ0) is 18.2. The van der Waals surface area contributed by atoms with Crippen LogP contribution in [0.4, 0.5) is 11.4 Å². The molecule has 3 rings (SSSR count).